The van der Waals surface area contributed by atoms with Gasteiger partial charge in [-0.05, 0) is 41.2 Å². The van der Waals surface area contributed by atoms with Crippen molar-refractivity contribution in [1.82, 2.24) is 5.32 Å². The molecule has 0 aromatic heterocycles. The highest BCUT2D eigenvalue weighted by molar-refractivity contribution is 6.31. The van der Waals surface area contributed by atoms with Crippen molar-refractivity contribution in [2.24, 2.45) is 5.41 Å². The molecule has 0 saturated carbocycles. The minimum atomic E-state index is -1.59. The topological polar surface area (TPSA) is 73.1 Å². The molecular formula is C23H22Cl2F2N2O2. The van der Waals surface area contributed by atoms with Crippen LogP contribution in [0.25, 0.3) is 0 Å². The number of hydrogen-bond acceptors (Lipinski definition) is 3. The Balaban J connectivity index is 2.36. The molecule has 31 heavy (non-hydrogen) atoms. The molecule has 2 N–H and O–H groups in total. The lowest BCUT2D eigenvalue weighted by Crippen LogP contribution is -2.44. The van der Waals surface area contributed by atoms with Crippen LogP contribution >= 0.6 is 23.2 Å². The Morgan fingerprint density at radius 2 is 1.90 bits per heavy atom. The van der Waals surface area contributed by atoms with Gasteiger partial charge >= 0.3 is 5.97 Å². The van der Waals surface area contributed by atoms with E-state index < -0.39 is 41.0 Å². The Morgan fingerprint density at radius 1 is 1.23 bits per heavy atom. The first-order valence-electron chi connectivity index (χ1n) is 9.72. The zero-order valence-corrected chi connectivity index (χ0v) is 18.7. The number of nitrogens with one attached hydrogen (secondary N) is 1. The number of carbonyl (C=O) groups is 1. The molecule has 4 nitrogen and oxygen atoms in total. The van der Waals surface area contributed by atoms with Crippen LogP contribution in [0, 0.1) is 28.4 Å². The van der Waals surface area contributed by atoms with Gasteiger partial charge < -0.3 is 5.11 Å². The summed E-state index contributed by atoms with van der Waals surface area (Å²) in [4.78, 5) is 12.2. The van der Waals surface area contributed by atoms with Gasteiger partial charge in [0, 0.05) is 12.0 Å². The maximum atomic E-state index is 15.1. The second-order valence-electron chi connectivity index (χ2n) is 9.03. The minimum absolute atomic E-state index is 0.0132. The monoisotopic (exact) mass is 466 g/mol. The lowest BCUT2D eigenvalue weighted by atomic mass is 9.63. The van der Waals surface area contributed by atoms with Gasteiger partial charge in [0.2, 0.25) is 0 Å². The van der Waals surface area contributed by atoms with Gasteiger partial charge in [-0.3, -0.25) is 10.1 Å². The molecule has 2 aromatic rings. The highest BCUT2D eigenvalue weighted by Gasteiger charge is 2.60. The first-order chi connectivity index (χ1) is 14.4. The van der Waals surface area contributed by atoms with Gasteiger partial charge in [-0.1, -0.05) is 62.2 Å². The SMILES string of the molecule is CC(C)(C)C[C@@H]1N[C@H](C(=O)O)[C@H](c2cccc(Cl)c2F)[C@@]1(C#N)c1ccc(Cl)c(F)c1. The summed E-state index contributed by atoms with van der Waals surface area (Å²) in [5.41, 5.74) is -1.68. The van der Waals surface area contributed by atoms with Crippen molar-refractivity contribution in [2.75, 3.05) is 0 Å². The van der Waals surface area contributed by atoms with Crippen LogP contribution in [-0.2, 0) is 10.2 Å². The molecule has 0 amide bonds. The molecule has 8 heteroatoms. The van der Waals surface area contributed by atoms with Crippen LogP contribution in [0.1, 0.15) is 44.2 Å². The van der Waals surface area contributed by atoms with Crippen molar-refractivity contribution in [3.05, 3.63) is 69.2 Å². The number of aliphatic carboxylic acids is 1. The average Bonchev–Trinajstić information content (AvgIpc) is 2.99. The number of halogens is 4. The zero-order valence-electron chi connectivity index (χ0n) is 17.2. The predicted molar refractivity (Wildman–Crippen MR) is 115 cm³/mol. The third-order valence-electron chi connectivity index (χ3n) is 5.74. The predicted octanol–water partition coefficient (Wildman–Crippen LogP) is 5.68. The first kappa shape index (κ1) is 23.5. The van der Waals surface area contributed by atoms with Crippen molar-refractivity contribution >= 4 is 29.2 Å². The minimum Gasteiger partial charge on any atom is -0.480 e. The van der Waals surface area contributed by atoms with Gasteiger partial charge in [0.15, 0.2) is 0 Å². The molecule has 2 aromatic carbocycles. The maximum absolute atomic E-state index is 15.1. The summed E-state index contributed by atoms with van der Waals surface area (Å²) < 4.78 is 29.6. The molecule has 3 rings (SSSR count). The average molecular weight is 467 g/mol. The van der Waals surface area contributed by atoms with Crippen LogP contribution < -0.4 is 5.32 Å². The van der Waals surface area contributed by atoms with Crippen LogP contribution in [0.5, 0.6) is 0 Å². The molecule has 1 fully saturated rings. The zero-order chi connectivity index (χ0) is 23.1. The van der Waals surface area contributed by atoms with Crippen LogP contribution in [0.2, 0.25) is 10.0 Å². The third-order valence-corrected chi connectivity index (χ3v) is 6.33. The lowest BCUT2D eigenvalue weighted by Gasteiger charge is -2.37. The van der Waals surface area contributed by atoms with Gasteiger partial charge in [-0.25, -0.2) is 8.78 Å². The summed E-state index contributed by atoms with van der Waals surface area (Å²) in [6.45, 7) is 5.84. The van der Waals surface area contributed by atoms with Crippen LogP contribution in [0.15, 0.2) is 36.4 Å². The Hall–Kier alpha value is -2.20. The Bertz CT molecular complexity index is 1060. The third kappa shape index (κ3) is 4.15. The second-order valence-corrected chi connectivity index (χ2v) is 9.84. The van der Waals surface area contributed by atoms with Crippen molar-refractivity contribution in [3.8, 4) is 6.07 Å². The van der Waals surface area contributed by atoms with E-state index in [0.29, 0.717) is 6.42 Å². The maximum Gasteiger partial charge on any atom is 0.321 e. The van der Waals surface area contributed by atoms with E-state index in [1.165, 1.54) is 30.3 Å². The molecular weight excluding hydrogens is 445 g/mol. The summed E-state index contributed by atoms with van der Waals surface area (Å²) in [6, 6.07) is 8.45. The van der Waals surface area contributed by atoms with E-state index >= 15 is 4.39 Å². The summed E-state index contributed by atoms with van der Waals surface area (Å²) in [5, 5.41) is 23.2. The fourth-order valence-electron chi connectivity index (χ4n) is 4.50. The number of carboxylic acid groups (broad SMARTS) is 1. The fourth-order valence-corrected chi connectivity index (χ4v) is 4.80. The van der Waals surface area contributed by atoms with Gasteiger partial charge in [0.05, 0.1) is 16.1 Å². The fraction of sp³-hybridized carbons (Fsp3) is 0.391. The molecule has 0 bridgehead atoms. The largest absolute Gasteiger partial charge is 0.480 e. The molecule has 1 heterocycles. The normalized spacial score (nSPS) is 25.9. The molecule has 164 valence electrons. The summed E-state index contributed by atoms with van der Waals surface area (Å²) >= 11 is 11.8. The summed E-state index contributed by atoms with van der Waals surface area (Å²) in [6.07, 6.45) is 0.382. The Labute approximate surface area is 189 Å². The first-order valence-corrected chi connectivity index (χ1v) is 10.5. The smallest absolute Gasteiger partial charge is 0.321 e. The summed E-state index contributed by atoms with van der Waals surface area (Å²) in [5.74, 6) is -3.95. The van der Waals surface area contributed by atoms with E-state index in [2.05, 4.69) is 11.4 Å². The number of carboxylic acids is 1. The molecule has 1 aliphatic rings. The standard InChI is InChI=1S/C23H22Cl2F2N2O2/c1-22(2,3)10-17-23(11-28,12-7-8-14(24)16(26)9-12)18(20(29-17)21(30)31)13-5-4-6-15(25)19(13)27/h4-9,17-18,20,29H,10H2,1-3H3,(H,30,31)/t17-,18-,20-,23-/m0/s1. The van der Waals surface area contributed by atoms with E-state index in [4.69, 9.17) is 23.2 Å². The van der Waals surface area contributed by atoms with Crippen molar-refractivity contribution in [3.63, 3.8) is 0 Å². The van der Waals surface area contributed by atoms with Gasteiger partial charge in [0.1, 0.15) is 23.1 Å². The second kappa shape index (κ2) is 8.38. The molecule has 0 radical (unpaired) electrons. The van der Waals surface area contributed by atoms with E-state index in [9.17, 15) is 19.6 Å². The molecule has 0 spiro atoms. The molecule has 0 aliphatic carbocycles. The Morgan fingerprint density at radius 3 is 2.45 bits per heavy atom. The highest BCUT2D eigenvalue weighted by atomic mass is 35.5. The van der Waals surface area contributed by atoms with Crippen molar-refractivity contribution in [2.45, 2.75) is 50.6 Å². The van der Waals surface area contributed by atoms with E-state index in [1.54, 1.807) is 0 Å². The van der Waals surface area contributed by atoms with E-state index in [0.717, 1.165) is 6.07 Å². The van der Waals surface area contributed by atoms with Gasteiger partial charge in [-0.2, -0.15) is 5.26 Å². The number of nitrogens with zero attached hydrogens (tertiary/aromatic N) is 1. The molecule has 4 atom stereocenters. The van der Waals surface area contributed by atoms with Crippen molar-refractivity contribution < 1.29 is 18.7 Å². The number of benzene rings is 2. The van der Waals surface area contributed by atoms with E-state index in [1.807, 2.05) is 20.8 Å². The number of nitriles is 1. The molecule has 1 aliphatic heterocycles. The highest BCUT2D eigenvalue weighted by Crippen LogP contribution is 2.52. The molecule has 0 unspecified atom stereocenters. The number of rotatable bonds is 4. The van der Waals surface area contributed by atoms with Crippen molar-refractivity contribution in [1.29, 1.82) is 5.26 Å². The Kier molecular flexibility index (Phi) is 6.35. The number of hydrogen-bond donors (Lipinski definition) is 2. The van der Waals surface area contributed by atoms with Crippen LogP contribution in [-0.4, -0.2) is 23.2 Å². The molecule has 1 saturated heterocycles. The summed E-state index contributed by atoms with van der Waals surface area (Å²) in [7, 11) is 0. The van der Waals surface area contributed by atoms with Crippen LogP contribution in [0.4, 0.5) is 8.78 Å². The van der Waals surface area contributed by atoms with Gasteiger partial charge in [-0.15, -0.1) is 0 Å². The van der Waals surface area contributed by atoms with Gasteiger partial charge in [0.25, 0.3) is 0 Å². The quantitative estimate of drug-likeness (QED) is 0.607. The van der Waals surface area contributed by atoms with Crippen LogP contribution in [0.3, 0.4) is 0 Å². The van der Waals surface area contributed by atoms with E-state index in [-0.39, 0.29) is 26.6 Å². The lowest BCUT2D eigenvalue weighted by molar-refractivity contribution is -0.139.